The van der Waals surface area contributed by atoms with Crippen LogP contribution in [0.1, 0.15) is 51.1 Å². The van der Waals surface area contributed by atoms with Crippen molar-refractivity contribution in [3.63, 3.8) is 0 Å². The van der Waals surface area contributed by atoms with E-state index in [4.69, 9.17) is 39.5 Å². The number of aromatic nitrogens is 2. The van der Waals surface area contributed by atoms with Gasteiger partial charge in [-0.25, -0.2) is 9.78 Å². The number of carbonyl (C=O) groups excluding carboxylic acids is 2. The van der Waals surface area contributed by atoms with E-state index in [2.05, 4.69) is 9.55 Å². The second kappa shape index (κ2) is 6.98. The Labute approximate surface area is 159 Å². The van der Waals surface area contributed by atoms with E-state index in [1.54, 1.807) is 0 Å². The van der Waals surface area contributed by atoms with E-state index in [0.717, 1.165) is 24.2 Å². The van der Waals surface area contributed by atoms with Gasteiger partial charge in [0.1, 0.15) is 0 Å². The molecule has 5 nitrogen and oxygen atoms in total. The highest BCUT2D eigenvalue weighted by molar-refractivity contribution is 6.48. The van der Waals surface area contributed by atoms with Crippen molar-refractivity contribution < 1.29 is 14.3 Å². The minimum Gasteiger partial charge on any atom is -0.453 e. The lowest BCUT2D eigenvalue weighted by Gasteiger charge is -2.08. The molecule has 132 valence electrons. The van der Waals surface area contributed by atoms with Crippen molar-refractivity contribution >= 4 is 46.6 Å². The first-order chi connectivity index (χ1) is 11.8. The average Bonchev–Trinajstić information content (AvgIpc) is 3.35. The molecule has 0 atom stereocenters. The number of carbonyl (C=O) groups is 2. The molecular weight excluding hydrogens is 387 g/mol. The molecule has 0 bridgehead atoms. The molecule has 0 saturated heterocycles. The summed E-state index contributed by atoms with van der Waals surface area (Å²) in [7, 11) is 0. The number of esters is 1. The van der Waals surface area contributed by atoms with Gasteiger partial charge in [0.15, 0.2) is 12.3 Å². The molecule has 1 saturated carbocycles. The first-order valence-corrected chi connectivity index (χ1v) is 8.83. The molecule has 2 aromatic rings. The molecule has 0 amide bonds. The Balaban J connectivity index is 1.72. The fourth-order valence-corrected chi connectivity index (χ4v) is 3.37. The van der Waals surface area contributed by atoms with Gasteiger partial charge in [0.25, 0.3) is 0 Å². The van der Waals surface area contributed by atoms with Gasteiger partial charge in [0.2, 0.25) is 5.78 Å². The summed E-state index contributed by atoms with van der Waals surface area (Å²) in [6.07, 6.45) is 3.46. The van der Waals surface area contributed by atoms with Crippen molar-refractivity contribution in [2.45, 2.75) is 32.7 Å². The van der Waals surface area contributed by atoms with Crippen molar-refractivity contribution in [2.75, 3.05) is 6.61 Å². The highest BCUT2D eigenvalue weighted by Gasteiger charge is 2.28. The van der Waals surface area contributed by atoms with Gasteiger partial charge in [-0.3, -0.25) is 4.79 Å². The standard InChI is InChI=1S/C17H15Cl3N2O3/c1-8-5-11(9(2)22(8)10-3-4-10)13(23)7-25-17(24)16-15(20)14(19)12(18)6-21-16/h5-6,10H,3-4,7H2,1-2H3. The minimum absolute atomic E-state index is 0.0181. The largest absolute Gasteiger partial charge is 0.453 e. The third kappa shape index (κ3) is 3.54. The molecule has 1 fully saturated rings. The molecule has 0 spiro atoms. The van der Waals surface area contributed by atoms with E-state index >= 15 is 0 Å². The zero-order valence-corrected chi connectivity index (χ0v) is 15.9. The highest BCUT2D eigenvalue weighted by Crippen LogP contribution is 2.38. The number of ketones is 1. The molecule has 0 radical (unpaired) electrons. The van der Waals surface area contributed by atoms with Gasteiger partial charge < -0.3 is 9.30 Å². The van der Waals surface area contributed by atoms with Crippen LogP contribution in [-0.2, 0) is 4.74 Å². The van der Waals surface area contributed by atoms with Crippen LogP contribution in [0.3, 0.4) is 0 Å². The van der Waals surface area contributed by atoms with Crippen LogP contribution in [0.2, 0.25) is 15.1 Å². The Morgan fingerprint density at radius 2 is 1.92 bits per heavy atom. The van der Waals surface area contributed by atoms with E-state index in [-0.39, 0.29) is 26.5 Å². The maximum Gasteiger partial charge on any atom is 0.358 e. The van der Waals surface area contributed by atoms with Crippen LogP contribution in [0, 0.1) is 13.8 Å². The van der Waals surface area contributed by atoms with E-state index in [1.807, 2.05) is 19.9 Å². The summed E-state index contributed by atoms with van der Waals surface area (Å²) in [5, 5.41) is 0.0509. The van der Waals surface area contributed by atoms with E-state index in [9.17, 15) is 9.59 Å². The predicted octanol–water partition coefficient (Wildman–Crippen LogP) is 4.83. The molecule has 8 heteroatoms. The average molecular weight is 402 g/mol. The van der Waals surface area contributed by atoms with Gasteiger partial charge in [-0.1, -0.05) is 34.8 Å². The summed E-state index contributed by atoms with van der Waals surface area (Å²) in [5.74, 6) is -1.10. The van der Waals surface area contributed by atoms with Gasteiger partial charge in [-0.05, 0) is 32.8 Å². The number of pyridine rings is 1. The molecule has 1 aliphatic rings. The Bertz CT molecular complexity index is 873. The third-order valence-corrected chi connectivity index (χ3v) is 5.38. The van der Waals surface area contributed by atoms with Crippen molar-refractivity contribution in [3.05, 3.63) is 50.0 Å². The maximum absolute atomic E-state index is 12.4. The van der Waals surface area contributed by atoms with Gasteiger partial charge in [-0.2, -0.15) is 0 Å². The molecule has 0 aliphatic heterocycles. The van der Waals surface area contributed by atoms with Crippen molar-refractivity contribution in [3.8, 4) is 0 Å². The lowest BCUT2D eigenvalue weighted by Crippen LogP contribution is -2.16. The van der Waals surface area contributed by atoms with Gasteiger partial charge in [0, 0.05) is 29.2 Å². The van der Waals surface area contributed by atoms with Gasteiger partial charge >= 0.3 is 5.97 Å². The Hall–Kier alpha value is -1.56. The van der Waals surface area contributed by atoms with E-state index < -0.39 is 12.6 Å². The number of ether oxygens (including phenoxy) is 1. The summed E-state index contributed by atoms with van der Waals surface area (Å²) < 4.78 is 7.21. The molecular formula is C17H15Cl3N2O3. The number of rotatable bonds is 5. The van der Waals surface area contributed by atoms with Gasteiger partial charge in [0.05, 0.1) is 15.1 Å². The molecule has 2 heterocycles. The number of hydrogen-bond acceptors (Lipinski definition) is 4. The smallest absolute Gasteiger partial charge is 0.358 e. The van der Waals surface area contributed by atoms with Crippen LogP contribution >= 0.6 is 34.8 Å². The molecule has 3 rings (SSSR count). The first kappa shape index (κ1) is 18.2. The summed E-state index contributed by atoms with van der Waals surface area (Å²) in [6, 6.07) is 2.30. The van der Waals surface area contributed by atoms with Crippen LogP contribution in [0.25, 0.3) is 0 Å². The summed E-state index contributed by atoms with van der Waals surface area (Å²) in [5.41, 5.74) is 2.31. The van der Waals surface area contributed by atoms with Crippen LogP contribution in [0.5, 0.6) is 0 Å². The Morgan fingerprint density at radius 3 is 2.56 bits per heavy atom. The molecule has 0 unspecified atom stereocenters. The van der Waals surface area contributed by atoms with Crippen molar-refractivity contribution in [1.82, 2.24) is 9.55 Å². The zero-order chi connectivity index (χ0) is 18.3. The van der Waals surface area contributed by atoms with E-state index in [1.165, 1.54) is 6.20 Å². The number of hydrogen-bond donors (Lipinski definition) is 0. The van der Waals surface area contributed by atoms with E-state index in [0.29, 0.717) is 11.6 Å². The van der Waals surface area contributed by atoms with Crippen LogP contribution < -0.4 is 0 Å². The second-order valence-corrected chi connectivity index (χ2v) is 7.13. The first-order valence-electron chi connectivity index (χ1n) is 7.69. The maximum atomic E-state index is 12.4. The predicted molar refractivity (Wildman–Crippen MR) is 96.1 cm³/mol. The van der Waals surface area contributed by atoms with Crippen molar-refractivity contribution in [1.29, 1.82) is 0 Å². The number of aryl methyl sites for hydroxylation is 1. The quantitative estimate of drug-likeness (QED) is 0.531. The second-order valence-electron chi connectivity index (χ2n) is 5.97. The van der Waals surface area contributed by atoms with Crippen LogP contribution in [0.15, 0.2) is 12.3 Å². The fraction of sp³-hybridized carbons (Fsp3) is 0.353. The third-order valence-electron chi connectivity index (χ3n) is 4.14. The summed E-state index contributed by atoms with van der Waals surface area (Å²) in [4.78, 5) is 28.4. The minimum atomic E-state index is -0.826. The Kier molecular flexibility index (Phi) is 5.09. The lowest BCUT2D eigenvalue weighted by atomic mass is 10.1. The number of Topliss-reactive ketones (excluding diaryl/α,β-unsaturated/α-hetero) is 1. The molecule has 0 N–H and O–H groups in total. The fourth-order valence-electron chi connectivity index (χ4n) is 2.82. The Morgan fingerprint density at radius 1 is 1.24 bits per heavy atom. The van der Waals surface area contributed by atoms with Crippen LogP contribution in [-0.4, -0.2) is 27.9 Å². The number of halogens is 3. The summed E-state index contributed by atoms with van der Waals surface area (Å²) in [6.45, 7) is 3.47. The number of nitrogens with zero attached hydrogens (tertiary/aromatic N) is 2. The molecule has 2 aromatic heterocycles. The summed E-state index contributed by atoms with van der Waals surface area (Å²) >= 11 is 17.6. The highest BCUT2D eigenvalue weighted by atomic mass is 35.5. The normalized spacial score (nSPS) is 13.8. The van der Waals surface area contributed by atoms with Gasteiger partial charge in [-0.15, -0.1) is 0 Å². The lowest BCUT2D eigenvalue weighted by molar-refractivity contribution is 0.0469. The molecule has 1 aliphatic carbocycles. The molecule has 0 aromatic carbocycles. The SMILES string of the molecule is Cc1cc(C(=O)COC(=O)c2ncc(Cl)c(Cl)c2Cl)c(C)n1C1CC1. The monoisotopic (exact) mass is 400 g/mol. The van der Waals surface area contributed by atoms with Crippen molar-refractivity contribution in [2.24, 2.45) is 0 Å². The molecule has 25 heavy (non-hydrogen) atoms. The van der Waals surface area contributed by atoms with Crippen LogP contribution in [0.4, 0.5) is 0 Å². The zero-order valence-electron chi connectivity index (χ0n) is 13.6. The topological polar surface area (TPSA) is 61.2 Å².